The van der Waals surface area contributed by atoms with Crippen LogP contribution in [0.3, 0.4) is 0 Å². The zero-order valence-electron chi connectivity index (χ0n) is 11.4. The van der Waals surface area contributed by atoms with Gasteiger partial charge in [0.15, 0.2) is 11.6 Å². The average Bonchev–Trinajstić information content (AvgIpc) is 3.22. The summed E-state index contributed by atoms with van der Waals surface area (Å²) in [7, 11) is 0. The quantitative estimate of drug-likeness (QED) is 0.702. The first-order chi connectivity index (χ1) is 10.7. The van der Waals surface area contributed by atoms with Crippen molar-refractivity contribution in [2.75, 3.05) is 6.54 Å². The van der Waals surface area contributed by atoms with Gasteiger partial charge < -0.3 is 9.73 Å². The van der Waals surface area contributed by atoms with E-state index in [2.05, 4.69) is 20.5 Å². The molecule has 112 valence electrons. The molecule has 9 nitrogen and oxygen atoms in total. The molecule has 22 heavy (non-hydrogen) atoms. The SMILES string of the molecule is O=C(NCCn1nc(-n2cncn2)ccc1=O)c1ccco1. The van der Waals surface area contributed by atoms with E-state index in [-0.39, 0.29) is 30.3 Å². The maximum atomic E-state index is 11.8. The van der Waals surface area contributed by atoms with Crippen LogP contribution in [0, 0.1) is 0 Å². The standard InChI is InChI=1S/C13H12N6O3/c20-12-4-3-11(19-9-14-8-16-19)17-18(12)6-5-15-13(21)10-2-1-7-22-10/h1-4,7-9H,5-6H2,(H,15,21). The molecule has 0 bridgehead atoms. The predicted molar refractivity (Wildman–Crippen MR) is 74.5 cm³/mol. The van der Waals surface area contributed by atoms with Gasteiger partial charge in [0.2, 0.25) is 0 Å². The van der Waals surface area contributed by atoms with Crippen LogP contribution in [0.2, 0.25) is 0 Å². The first-order valence-electron chi connectivity index (χ1n) is 6.49. The van der Waals surface area contributed by atoms with Gasteiger partial charge in [-0.2, -0.15) is 5.10 Å². The van der Waals surface area contributed by atoms with Gasteiger partial charge in [0.1, 0.15) is 12.7 Å². The van der Waals surface area contributed by atoms with E-state index in [1.54, 1.807) is 18.2 Å². The van der Waals surface area contributed by atoms with Crippen LogP contribution in [0.25, 0.3) is 5.82 Å². The Bertz CT molecular complexity index is 807. The summed E-state index contributed by atoms with van der Waals surface area (Å²) in [5, 5.41) is 10.8. The summed E-state index contributed by atoms with van der Waals surface area (Å²) >= 11 is 0. The molecule has 3 aromatic rings. The third-order valence-electron chi connectivity index (χ3n) is 2.86. The second-order valence-corrected chi connectivity index (χ2v) is 4.33. The van der Waals surface area contributed by atoms with Gasteiger partial charge in [-0.15, -0.1) is 5.10 Å². The zero-order valence-corrected chi connectivity index (χ0v) is 11.4. The highest BCUT2D eigenvalue weighted by molar-refractivity contribution is 5.91. The number of amides is 1. The number of nitrogens with one attached hydrogen (secondary N) is 1. The van der Waals surface area contributed by atoms with Crippen molar-refractivity contribution in [3.05, 3.63) is 59.3 Å². The predicted octanol–water partition coefficient (Wildman–Crippen LogP) is -0.153. The highest BCUT2D eigenvalue weighted by Crippen LogP contribution is 1.99. The van der Waals surface area contributed by atoms with Crippen molar-refractivity contribution >= 4 is 5.91 Å². The largest absolute Gasteiger partial charge is 0.459 e. The van der Waals surface area contributed by atoms with Gasteiger partial charge in [-0.05, 0) is 18.2 Å². The lowest BCUT2D eigenvalue weighted by atomic mass is 10.4. The van der Waals surface area contributed by atoms with Gasteiger partial charge in [0.05, 0.1) is 12.8 Å². The fraction of sp³-hybridized carbons (Fsp3) is 0.154. The Morgan fingerprint density at radius 2 is 2.23 bits per heavy atom. The van der Waals surface area contributed by atoms with E-state index in [9.17, 15) is 9.59 Å². The number of carbonyl (C=O) groups is 1. The molecule has 3 aromatic heterocycles. The topological polar surface area (TPSA) is 108 Å². The van der Waals surface area contributed by atoms with Crippen LogP contribution >= 0.6 is 0 Å². The highest BCUT2D eigenvalue weighted by atomic mass is 16.3. The molecule has 3 heterocycles. The van der Waals surface area contributed by atoms with Gasteiger partial charge in [0, 0.05) is 12.6 Å². The van der Waals surface area contributed by atoms with Crippen LogP contribution in [0.4, 0.5) is 0 Å². The lowest BCUT2D eigenvalue weighted by Crippen LogP contribution is -2.32. The van der Waals surface area contributed by atoms with Crippen molar-refractivity contribution in [1.82, 2.24) is 29.9 Å². The van der Waals surface area contributed by atoms with Gasteiger partial charge in [-0.3, -0.25) is 9.59 Å². The summed E-state index contributed by atoms with van der Waals surface area (Å²) in [5.74, 6) is 0.344. The van der Waals surface area contributed by atoms with Gasteiger partial charge in [-0.25, -0.2) is 14.3 Å². The molecular weight excluding hydrogens is 288 g/mol. The molecule has 3 rings (SSSR count). The summed E-state index contributed by atoms with van der Waals surface area (Å²) in [5.41, 5.74) is -0.267. The average molecular weight is 300 g/mol. The fourth-order valence-electron chi connectivity index (χ4n) is 1.82. The lowest BCUT2D eigenvalue weighted by Gasteiger charge is -2.07. The monoisotopic (exact) mass is 300 g/mol. The number of hydrogen-bond acceptors (Lipinski definition) is 6. The molecule has 0 aliphatic heterocycles. The Kier molecular flexibility index (Phi) is 3.77. The molecule has 1 N–H and O–H groups in total. The molecule has 0 aliphatic rings. The van der Waals surface area contributed by atoms with E-state index in [1.807, 2.05) is 0 Å². The minimum atomic E-state index is -0.342. The van der Waals surface area contributed by atoms with Crippen molar-refractivity contribution in [3.63, 3.8) is 0 Å². The second-order valence-electron chi connectivity index (χ2n) is 4.33. The highest BCUT2D eigenvalue weighted by Gasteiger charge is 2.08. The van der Waals surface area contributed by atoms with Gasteiger partial charge in [0.25, 0.3) is 11.5 Å². The molecule has 0 spiro atoms. The fourth-order valence-corrected chi connectivity index (χ4v) is 1.82. The summed E-state index contributed by atoms with van der Waals surface area (Å²) < 4.78 is 7.67. The molecule has 9 heteroatoms. The Hall–Kier alpha value is -3.23. The molecule has 1 amide bonds. The number of aromatic nitrogens is 5. The first-order valence-corrected chi connectivity index (χ1v) is 6.49. The van der Waals surface area contributed by atoms with Gasteiger partial charge >= 0.3 is 0 Å². The smallest absolute Gasteiger partial charge is 0.287 e. The van der Waals surface area contributed by atoms with E-state index >= 15 is 0 Å². The Balaban J connectivity index is 1.66. The number of carbonyl (C=O) groups excluding carboxylic acids is 1. The summed E-state index contributed by atoms with van der Waals surface area (Å²) in [6.45, 7) is 0.473. The molecule has 0 aliphatic carbocycles. The molecule has 0 aromatic carbocycles. The van der Waals surface area contributed by atoms with E-state index in [1.165, 1.54) is 34.3 Å². The number of rotatable bonds is 5. The van der Waals surface area contributed by atoms with Crippen molar-refractivity contribution < 1.29 is 9.21 Å². The zero-order chi connectivity index (χ0) is 15.4. The number of nitrogens with zero attached hydrogens (tertiary/aromatic N) is 5. The van der Waals surface area contributed by atoms with Crippen LogP contribution in [-0.2, 0) is 6.54 Å². The lowest BCUT2D eigenvalue weighted by molar-refractivity contribution is 0.0924. The summed E-state index contributed by atoms with van der Waals surface area (Å²) in [6, 6.07) is 6.13. The molecule has 0 saturated heterocycles. The van der Waals surface area contributed by atoms with Crippen molar-refractivity contribution in [3.8, 4) is 5.82 Å². The van der Waals surface area contributed by atoms with E-state index < -0.39 is 0 Å². The van der Waals surface area contributed by atoms with Gasteiger partial charge in [-0.1, -0.05) is 0 Å². The van der Waals surface area contributed by atoms with E-state index in [0.29, 0.717) is 5.82 Å². The Morgan fingerprint density at radius 1 is 1.32 bits per heavy atom. The minimum Gasteiger partial charge on any atom is -0.459 e. The van der Waals surface area contributed by atoms with Crippen LogP contribution < -0.4 is 10.9 Å². The molecule has 0 fully saturated rings. The van der Waals surface area contributed by atoms with E-state index in [4.69, 9.17) is 4.42 Å². The first kappa shape index (κ1) is 13.7. The summed E-state index contributed by atoms with van der Waals surface area (Å²) in [4.78, 5) is 27.3. The molecule has 0 radical (unpaired) electrons. The maximum absolute atomic E-state index is 11.8. The van der Waals surface area contributed by atoms with Crippen LogP contribution in [0.5, 0.6) is 0 Å². The maximum Gasteiger partial charge on any atom is 0.287 e. The van der Waals surface area contributed by atoms with Crippen molar-refractivity contribution in [1.29, 1.82) is 0 Å². The van der Waals surface area contributed by atoms with E-state index in [0.717, 1.165) is 0 Å². The molecule has 0 saturated carbocycles. The third-order valence-corrected chi connectivity index (χ3v) is 2.86. The normalized spacial score (nSPS) is 10.5. The van der Waals surface area contributed by atoms with Crippen molar-refractivity contribution in [2.45, 2.75) is 6.54 Å². The Labute approximate surface area is 124 Å². The molecule has 0 atom stereocenters. The number of hydrogen-bond donors (Lipinski definition) is 1. The molecule has 0 unspecified atom stereocenters. The van der Waals surface area contributed by atoms with Crippen LogP contribution in [0.1, 0.15) is 10.6 Å². The van der Waals surface area contributed by atoms with Crippen molar-refractivity contribution in [2.24, 2.45) is 0 Å². The summed E-state index contributed by atoms with van der Waals surface area (Å²) in [6.07, 6.45) is 4.28. The van der Waals surface area contributed by atoms with Crippen LogP contribution in [-0.4, -0.2) is 37.0 Å². The third kappa shape index (κ3) is 2.92. The second kappa shape index (κ2) is 6.04. The number of furan rings is 1. The molecular formula is C13H12N6O3. The van der Waals surface area contributed by atoms with Crippen LogP contribution in [0.15, 0.2) is 52.4 Å². The Morgan fingerprint density at radius 3 is 2.95 bits per heavy atom. The minimum absolute atomic E-state index is 0.219.